The minimum Gasteiger partial charge on any atom is -0.303 e. The molecule has 0 amide bonds. The van der Waals surface area contributed by atoms with Crippen molar-refractivity contribution in [2.75, 3.05) is 0 Å². The molecule has 1 heteroatoms. The highest BCUT2D eigenvalue weighted by atomic mass is 16.1. The monoisotopic (exact) mass is 250 g/mol. The summed E-state index contributed by atoms with van der Waals surface area (Å²) in [5.74, 6) is 3.33. The van der Waals surface area contributed by atoms with E-state index in [1.165, 1.54) is 64.1 Å². The van der Waals surface area contributed by atoms with E-state index in [0.29, 0.717) is 5.92 Å². The molecule has 0 aromatic carbocycles. The van der Waals surface area contributed by atoms with Crippen LogP contribution in [-0.4, -0.2) is 6.29 Å². The maximum atomic E-state index is 10.7. The minimum absolute atomic E-state index is 0.389. The molecule has 0 bridgehead atoms. The van der Waals surface area contributed by atoms with Crippen LogP contribution in [0, 0.1) is 23.7 Å². The molecule has 104 valence electrons. The van der Waals surface area contributed by atoms with Gasteiger partial charge >= 0.3 is 0 Å². The number of hydrogen-bond acceptors (Lipinski definition) is 1. The standard InChI is InChI=1S/C17H30O/c1-14-4-2-6-16(12-14)7-3-5-15-8-10-17(13-18)11-9-15/h13-17H,2-12H2,1H3. The number of carbonyl (C=O) groups excluding carboxylic acids is 1. The molecule has 0 saturated heterocycles. The lowest BCUT2D eigenvalue weighted by Gasteiger charge is -2.28. The van der Waals surface area contributed by atoms with Crippen molar-refractivity contribution >= 4 is 6.29 Å². The summed E-state index contributed by atoms with van der Waals surface area (Å²) in [6.07, 6.45) is 16.4. The normalized spacial score (nSPS) is 37.4. The van der Waals surface area contributed by atoms with Gasteiger partial charge in [0.1, 0.15) is 6.29 Å². The number of carbonyl (C=O) groups is 1. The molecule has 0 radical (unpaired) electrons. The smallest absolute Gasteiger partial charge is 0.123 e. The summed E-state index contributed by atoms with van der Waals surface area (Å²) in [4.78, 5) is 10.7. The van der Waals surface area contributed by atoms with Crippen LogP contribution >= 0.6 is 0 Å². The highest BCUT2D eigenvalue weighted by Gasteiger charge is 2.22. The van der Waals surface area contributed by atoms with E-state index < -0.39 is 0 Å². The summed E-state index contributed by atoms with van der Waals surface area (Å²) in [5.41, 5.74) is 0. The fraction of sp³-hybridized carbons (Fsp3) is 0.941. The zero-order chi connectivity index (χ0) is 12.8. The maximum absolute atomic E-state index is 10.7. The van der Waals surface area contributed by atoms with Crippen molar-refractivity contribution in [1.82, 2.24) is 0 Å². The molecule has 0 aromatic heterocycles. The average Bonchev–Trinajstić information content (AvgIpc) is 2.40. The number of rotatable bonds is 5. The van der Waals surface area contributed by atoms with Crippen LogP contribution in [0.15, 0.2) is 0 Å². The average molecular weight is 250 g/mol. The van der Waals surface area contributed by atoms with Crippen molar-refractivity contribution in [3.05, 3.63) is 0 Å². The second-order valence-electron chi connectivity index (χ2n) is 6.99. The maximum Gasteiger partial charge on any atom is 0.123 e. The number of hydrogen-bond donors (Lipinski definition) is 0. The third kappa shape index (κ3) is 4.40. The van der Waals surface area contributed by atoms with Gasteiger partial charge in [-0.3, -0.25) is 0 Å². The van der Waals surface area contributed by atoms with Crippen LogP contribution in [0.5, 0.6) is 0 Å². The first-order valence-corrected chi connectivity index (χ1v) is 8.23. The SMILES string of the molecule is CC1CCCC(CCCC2CCC(C=O)CC2)C1. The van der Waals surface area contributed by atoms with Gasteiger partial charge in [0.25, 0.3) is 0 Å². The first kappa shape index (κ1) is 14.1. The Kier molecular flexibility index (Phi) is 5.72. The number of aldehydes is 1. The van der Waals surface area contributed by atoms with Gasteiger partial charge in [-0.25, -0.2) is 0 Å². The summed E-state index contributed by atoms with van der Waals surface area (Å²) in [6.45, 7) is 2.42. The van der Waals surface area contributed by atoms with Crippen LogP contribution in [-0.2, 0) is 4.79 Å². The molecule has 2 atom stereocenters. The van der Waals surface area contributed by atoms with E-state index in [1.807, 2.05) is 0 Å². The first-order chi connectivity index (χ1) is 8.78. The highest BCUT2D eigenvalue weighted by Crippen LogP contribution is 2.34. The van der Waals surface area contributed by atoms with Gasteiger partial charge in [-0.2, -0.15) is 0 Å². The molecule has 2 rings (SSSR count). The molecule has 18 heavy (non-hydrogen) atoms. The summed E-state index contributed by atoms with van der Waals surface area (Å²) in [5, 5.41) is 0. The Bertz CT molecular complexity index is 240. The molecule has 0 aliphatic heterocycles. The van der Waals surface area contributed by atoms with Gasteiger partial charge in [0.05, 0.1) is 0 Å². The van der Waals surface area contributed by atoms with Gasteiger partial charge in [0.2, 0.25) is 0 Å². The molecule has 0 spiro atoms. The molecule has 2 fully saturated rings. The van der Waals surface area contributed by atoms with Gasteiger partial charge in [-0.15, -0.1) is 0 Å². The zero-order valence-corrected chi connectivity index (χ0v) is 12.1. The van der Waals surface area contributed by atoms with Crippen molar-refractivity contribution in [2.24, 2.45) is 23.7 Å². The van der Waals surface area contributed by atoms with Crippen molar-refractivity contribution in [3.63, 3.8) is 0 Å². The van der Waals surface area contributed by atoms with Crippen LogP contribution < -0.4 is 0 Å². The Morgan fingerprint density at radius 1 is 0.944 bits per heavy atom. The summed E-state index contributed by atoms with van der Waals surface area (Å²) < 4.78 is 0. The van der Waals surface area contributed by atoms with E-state index in [9.17, 15) is 4.79 Å². The van der Waals surface area contributed by atoms with Crippen molar-refractivity contribution in [2.45, 2.75) is 77.6 Å². The van der Waals surface area contributed by atoms with E-state index >= 15 is 0 Å². The molecular weight excluding hydrogens is 220 g/mol. The molecule has 0 aromatic rings. The highest BCUT2D eigenvalue weighted by molar-refractivity contribution is 5.53. The predicted octanol–water partition coefficient (Wildman–Crippen LogP) is 4.99. The Morgan fingerprint density at radius 2 is 1.67 bits per heavy atom. The largest absolute Gasteiger partial charge is 0.303 e. The van der Waals surface area contributed by atoms with Gasteiger partial charge in [0.15, 0.2) is 0 Å². The molecule has 2 unspecified atom stereocenters. The van der Waals surface area contributed by atoms with Crippen molar-refractivity contribution in [3.8, 4) is 0 Å². The van der Waals surface area contributed by atoms with Crippen LogP contribution in [0.2, 0.25) is 0 Å². The van der Waals surface area contributed by atoms with Crippen LogP contribution in [0.1, 0.15) is 77.6 Å². The van der Waals surface area contributed by atoms with E-state index in [4.69, 9.17) is 0 Å². The zero-order valence-electron chi connectivity index (χ0n) is 12.1. The molecule has 0 heterocycles. The fourth-order valence-electron chi connectivity index (χ4n) is 4.13. The van der Waals surface area contributed by atoms with Gasteiger partial charge in [-0.05, 0) is 49.9 Å². The summed E-state index contributed by atoms with van der Waals surface area (Å²) in [6, 6.07) is 0. The molecule has 0 N–H and O–H groups in total. The third-order valence-corrected chi connectivity index (χ3v) is 5.35. The molecule has 2 aliphatic carbocycles. The first-order valence-electron chi connectivity index (χ1n) is 8.23. The van der Waals surface area contributed by atoms with Crippen LogP contribution in [0.25, 0.3) is 0 Å². The minimum atomic E-state index is 0.389. The van der Waals surface area contributed by atoms with Gasteiger partial charge < -0.3 is 4.79 Å². The summed E-state index contributed by atoms with van der Waals surface area (Å²) >= 11 is 0. The lowest BCUT2D eigenvalue weighted by atomic mass is 9.77. The second-order valence-corrected chi connectivity index (χ2v) is 6.99. The Hall–Kier alpha value is -0.330. The van der Waals surface area contributed by atoms with E-state index in [-0.39, 0.29) is 0 Å². The van der Waals surface area contributed by atoms with Crippen molar-refractivity contribution in [1.29, 1.82) is 0 Å². The van der Waals surface area contributed by atoms with E-state index in [0.717, 1.165) is 30.6 Å². The Balaban J connectivity index is 1.57. The lowest BCUT2D eigenvalue weighted by Crippen LogP contribution is -2.16. The predicted molar refractivity (Wildman–Crippen MR) is 76.5 cm³/mol. The Labute approximate surface area is 113 Å². The molecule has 2 aliphatic rings. The quantitative estimate of drug-likeness (QED) is 0.628. The van der Waals surface area contributed by atoms with Gasteiger partial charge in [0, 0.05) is 5.92 Å². The van der Waals surface area contributed by atoms with Crippen LogP contribution in [0.3, 0.4) is 0 Å². The molecule has 1 nitrogen and oxygen atoms in total. The van der Waals surface area contributed by atoms with Crippen molar-refractivity contribution < 1.29 is 4.79 Å². The lowest BCUT2D eigenvalue weighted by molar-refractivity contribution is -0.112. The molecular formula is C17H30O. The van der Waals surface area contributed by atoms with E-state index in [1.54, 1.807) is 0 Å². The topological polar surface area (TPSA) is 17.1 Å². The second kappa shape index (κ2) is 7.31. The summed E-state index contributed by atoms with van der Waals surface area (Å²) in [7, 11) is 0. The van der Waals surface area contributed by atoms with Gasteiger partial charge in [-0.1, -0.05) is 45.4 Å². The third-order valence-electron chi connectivity index (χ3n) is 5.35. The fourth-order valence-corrected chi connectivity index (χ4v) is 4.13. The molecule has 2 saturated carbocycles. The Morgan fingerprint density at radius 3 is 2.33 bits per heavy atom. The van der Waals surface area contributed by atoms with Crippen LogP contribution in [0.4, 0.5) is 0 Å². The van der Waals surface area contributed by atoms with E-state index in [2.05, 4.69) is 6.92 Å².